The van der Waals surface area contributed by atoms with Crippen LogP contribution >= 0.6 is 0 Å². The Labute approximate surface area is 218 Å². The number of carbonyl (C=O) groups is 2. The number of carbonyl (C=O) groups excluding carboxylic acids is 2. The van der Waals surface area contributed by atoms with E-state index >= 15 is 0 Å². The van der Waals surface area contributed by atoms with Gasteiger partial charge in [-0.15, -0.1) is 0 Å². The number of halogens is 3. The molecule has 2 aliphatic heterocycles. The van der Waals surface area contributed by atoms with Gasteiger partial charge in [-0.1, -0.05) is 24.6 Å². The first-order chi connectivity index (χ1) is 18.3. The van der Waals surface area contributed by atoms with Crippen LogP contribution < -0.4 is 16.0 Å². The molecular formula is C29H27F3N4O2. The standard InChI is InChI=1S/C29H27F3N4O2/c30-29(31,32)20-5-4-6-22(15-20)34-23-11-12-24-25(16-23)26(28(38)35-27(24)37)17-33-21-9-7-19(8-10-21)18-36-13-2-1-3-14-36/h4-12,15-17,33-34H,1-3,13-14,18H2,(H,35,37,38)/b26-17-. The second kappa shape index (κ2) is 10.7. The molecule has 0 aliphatic carbocycles. The highest BCUT2D eigenvalue weighted by Gasteiger charge is 2.31. The zero-order valence-corrected chi connectivity index (χ0v) is 20.6. The van der Waals surface area contributed by atoms with E-state index in [1.807, 2.05) is 24.3 Å². The molecule has 0 spiro atoms. The lowest BCUT2D eigenvalue weighted by Gasteiger charge is -2.26. The number of likely N-dealkylation sites (tertiary alicyclic amines) is 1. The third-order valence-corrected chi connectivity index (χ3v) is 6.70. The molecule has 6 nitrogen and oxygen atoms in total. The van der Waals surface area contributed by atoms with Crippen molar-refractivity contribution >= 4 is 34.4 Å². The number of amides is 2. The van der Waals surface area contributed by atoms with Crippen LogP contribution in [0.3, 0.4) is 0 Å². The van der Waals surface area contributed by atoms with E-state index in [-0.39, 0.29) is 11.3 Å². The van der Waals surface area contributed by atoms with E-state index in [1.54, 1.807) is 12.1 Å². The summed E-state index contributed by atoms with van der Waals surface area (Å²) < 4.78 is 39.3. The lowest BCUT2D eigenvalue weighted by atomic mass is 9.94. The Morgan fingerprint density at radius 2 is 1.53 bits per heavy atom. The van der Waals surface area contributed by atoms with Gasteiger partial charge in [-0.2, -0.15) is 13.2 Å². The summed E-state index contributed by atoms with van der Waals surface area (Å²) in [7, 11) is 0. The molecule has 0 bridgehead atoms. The number of benzene rings is 3. The third kappa shape index (κ3) is 5.89. The van der Waals surface area contributed by atoms with Gasteiger partial charge < -0.3 is 10.6 Å². The van der Waals surface area contributed by atoms with Gasteiger partial charge in [0.05, 0.1) is 11.1 Å². The number of nitrogens with one attached hydrogen (secondary N) is 3. The number of hydrogen-bond donors (Lipinski definition) is 3. The van der Waals surface area contributed by atoms with Crippen molar-refractivity contribution < 1.29 is 22.8 Å². The molecule has 1 saturated heterocycles. The van der Waals surface area contributed by atoms with Crippen molar-refractivity contribution in [3.8, 4) is 0 Å². The quantitative estimate of drug-likeness (QED) is 0.268. The molecule has 2 heterocycles. The minimum atomic E-state index is -4.47. The molecule has 3 aromatic carbocycles. The molecule has 9 heteroatoms. The van der Waals surface area contributed by atoms with Crippen molar-refractivity contribution in [1.82, 2.24) is 10.2 Å². The van der Waals surface area contributed by atoms with Crippen molar-refractivity contribution in [2.45, 2.75) is 32.0 Å². The van der Waals surface area contributed by atoms with E-state index in [2.05, 4.69) is 20.9 Å². The first-order valence-electron chi connectivity index (χ1n) is 12.5. The van der Waals surface area contributed by atoms with Crippen LogP contribution in [0.15, 0.2) is 72.9 Å². The van der Waals surface area contributed by atoms with Crippen LogP contribution in [0.2, 0.25) is 0 Å². The zero-order chi connectivity index (χ0) is 26.7. The number of rotatable bonds is 6. The maximum Gasteiger partial charge on any atom is 0.416 e. The van der Waals surface area contributed by atoms with Gasteiger partial charge in [0.1, 0.15) is 0 Å². The Kier molecular flexibility index (Phi) is 7.20. The molecule has 3 aromatic rings. The molecule has 5 rings (SSSR count). The van der Waals surface area contributed by atoms with Gasteiger partial charge in [0.2, 0.25) is 0 Å². The number of piperidine rings is 1. The van der Waals surface area contributed by atoms with Crippen LogP contribution in [0.4, 0.5) is 30.2 Å². The molecule has 38 heavy (non-hydrogen) atoms. The van der Waals surface area contributed by atoms with Crippen LogP contribution in [0, 0.1) is 0 Å². The summed E-state index contributed by atoms with van der Waals surface area (Å²) >= 11 is 0. The highest BCUT2D eigenvalue weighted by Crippen LogP contribution is 2.33. The predicted octanol–water partition coefficient (Wildman–Crippen LogP) is 6.16. The van der Waals surface area contributed by atoms with Crippen molar-refractivity contribution in [3.05, 3.63) is 95.2 Å². The van der Waals surface area contributed by atoms with E-state index in [0.29, 0.717) is 16.8 Å². The summed E-state index contributed by atoms with van der Waals surface area (Å²) in [4.78, 5) is 27.6. The first-order valence-corrected chi connectivity index (χ1v) is 12.5. The molecule has 0 radical (unpaired) electrons. The predicted molar refractivity (Wildman–Crippen MR) is 141 cm³/mol. The second-order valence-electron chi connectivity index (χ2n) is 9.48. The summed E-state index contributed by atoms with van der Waals surface area (Å²) in [6, 6.07) is 17.5. The van der Waals surface area contributed by atoms with Crippen LogP contribution in [0.5, 0.6) is 0 Å². The van der Waals surface area contributed by atoms with Gasteiger partial charge >= 0.3 is 6.18 Å². The maximum atomic E-state index is 13.1. The Morgan fingerprint density at radius 3 is 2.26 bits per heavy atom. The minimum Gasteiger partial charge on any atom is -0.361 e. The molecule has 0 unspecified atom stereocenters. The van der Waals surface area contributed by atoms with Crippen molar-refractivity contribution in [2.75, 3.05) is 23.7 Å². The molecule has 2 aliphatic rings. The van der Waals surface area contributed by atoms with Gasteiger partial charge in [-0.3, -0.25) is 19.8 Å². The average Bonchev–Trinajstić information content (AvgIpc) is 2.90. The largest absolute Gasteiger partial charge is 0.416 e. The van der Waals surface area contributed by atoms with E-state index in [4.69, 9.17) is 0 Å². The number of imide groups is 1. The molecule has 0 saturated carbocycles. The number of alkyl halides is 3. The second-order valence-corrected chi connectivity index (χ2v) is 9.48. The van der Waals surface area contributed by atoms with Gasteiger partial charge in [-0.05, 0) is 80.0 Å². The van der Waals surface area contributed by atoms with Gasteiger partial charge in [0.15, 0.2) is 0 Å². The van der Waals surface area contributed by atoms with Crippen molar-refractivity contribution in [3.63, 3.8) is 0 Å². The molecule has 0 atom stereocenters. The van der Waals surface area contributed by atoms with Crippen LogP contribution in [0.1, 0.15) is 46.3 Å². The number of anilines is 3. The van der Waals surface area contributed by atoms with E-state index in [0.717, 1.165) is 37.5 Å². The minimum absolute atomic E-state index is 0.236. The molecule has 3 N–H and O–H groups in total. The Bertz CT molecular complexity index is 1380. The summed E-state index contributed by atoms with van der Waals surface area (Å²) in [5, 5.41) is 8.40. The zero-order valence-electron chi connectivity index (χ0n) is 20.6. The number of hydrogen-bond acceptors (Lipinski definition) is 5. The van der Waals surface area contributed by atoms with Crippen LogP contribution in [0.25, 0.3) is 5.57 Å². The SMILES string of the molecule is O=C1NC(=O)c2ccc(Nc3cccc(C(F)(F)F)c3)cc2/C1=C/Nc1ccc(CN2CCCCC2)cc1. The lowest BCUT2D eigenvalue weighted by molar-refractivity contribution is -0.137. The van der Waals surface area contributed by atoms with Crippen molar-refractivity contribution in [1.29, 1.82) is 0 Å². The van der Waals surface area contributed by atoms with Gasteiger partial charge in [0.25, 0.3) is 11.8 Å². The van der Waals surface area contributed by atoms with E-state index in [1.165, 1.54) is 49.2 Å². The topological polar surface area (TPSA) is 73.5 Å². The molecular weight excluding hydrogens is 493 g/mol. The smallest absolute Gasteiger partial charge is 0.361 e. The fourth-order valence-corrected chi connectivity index (χ4v) is 4.72. The average molecular weight is 521 g/mol. The van der Waals surface area contributed by atoms with Crippen LogP contribution in [-0.2, 0) is 17.5 Å². The van der Waals surface area contributed by atoms with Gasteiger partial charge in [-0.25, -0.2) is 0 Å². The Hall–Kier alpha value is -4.11. The molecule has 0 aromatic heterocycles. The molecule has 2 amide bonds. The summed E-state index contributed by atoms with van der Waals surface area (Å²) in [6.07, 6.45) is 0.825. The fraction of sp³-hybridized carbons (Fsp3) is 0.241. The highest BCUT2D eigenvalue weighted by molar-refractivity contribution is 6.31. The third-order valence-electron chi connectivity index (χ3n) is 6.70. The highest BCUT2D eigenvalue weighted by atomic mass is 19.4. The fourth-order valence-electron chi connectivity index (χ4n) is 4.72. The van der Waals surface area contributed by atoms with E-state index in [9.17, 15) is 22.8 Å². The van der Waals surface area contributed by atoms with Crippen LogP contribution in [-0.4, -0.2) is 29.8 Å². The normalized spacial score (nSPS) is 17.2. The number of fused-ring (bicyclic) bond motifs is 1. The van der Waals surface area contributed by atoms with E-state index < -0.39 is 23.6 Å². The monoisotopic (exact) mass is 520 g/mol. The summed E-state index contributed by atoms with van der Waals surface area (Å²) in [6.45, 7) is 3.13. The summed E-state index contributed by atoms with van der Waals surface area (Å²) in [5.74, 6) is -1.09. The van der Waals surface area contributed by atoms with Gasteiger partial charge in [0, 0.05) is 40.9 Å². The maximum absolute atomic E-state index is 13.1. The summed E-state index contributed by atoms with van der Waals surface area (Å²) in [5.41, 5.74) is 2.81. The molecule has 196 valence electrons. The number of nitrogens with zero attached hydrogens (tertiary/aromatic N) is 1. The Balaban J connectivity index is 1.35. The lowest BCUT2D eigenvalue weighted by Crippen LogP contribution is -2.36. The molecule has 1 fully saturated rings. The Morgan fingerprint density at radius 1 is 0.816 bits per heavy atom. The van der Waals surface area contributed by atoms with Crippen molar-refractivity contribution in [2.24, 2.45) is 0 Å². The first kappa shape index (κ1) is 25.5.